The smallest absolute Gasteiger partial charge is 0.0886 e. The molecule has 24 heavy (non-hydrogen) atoms. The van der Waals surface area contributed by atoms with Gasteiger partial charge in [0, 0.05) is 0 Å². The minimum Gasteiger partial charge on any atom is -0.0886 e. The molecule has 0 aromatic heterocycles. The molecule has 0 aliphatic heterocycles. The molecule has 0 N–H and O–H groups in total. The van der Waals surface area contributed by atoms with Crippen LogP contribution in [-0.2, 0) is 3.42 Å². The van der Waals surface area contributed by atoms with Gasteiger partial charge in [-0.15, -0.1) is 0 Å². The third-order valence-corrected chi connectivity index (χ3v) is 7.07. The highest BCUT2D eigenvalue weighted by Crippen LogP contribution is 2.54. The van der Waals surface area contributed by atoms with E-state index in [4.69, 9.17) is 0 Å². The SMILES string of the molecule is Bc1ccc2c(c1)C(I)(CCCCCCCC)c1cc(B)ccc1-2. The van der Waals surface area contributed by atoms with Crippen molar-refractivity contribution < 1.29 is 0 Å². The number of hydrogen-bond acceptors (Lipinski definition) is 0. The number of hydrogen-bond donors (Lipinski definition) is 0. The molecular formula is C21H27B2I. The Morgan fingerprint density at radius 1 is 0.792 bits per heavy atom. The molecule has 0 heterocycles. The number of alkyl halides is 1. The number of benzene rings is 2. The van der Waals surface area contributed by atoms with Crippen molar-refractivity contribution in [1.82, 2.24) is 0 Å². The van der Waals surface area contributed by atoms with Gasteiger partial charge < -0.3 is 0 Å². The second-order valence-electron chi connectivity index (χ2n) is 7.42. The van der Waals surface area contributed by atoms with Crippen LogP contribution in [0.5, 0.6) is 0 Å². The summed E-state index contributed by atoms with van der Waals surface area (Å²) in [6.45, 7) is 2.29. The molecule has 0 fully saturated rings. The first-order chi connectivity index (χ1) is 11.6. The van der Waals surface area contributed by atoms with Gasteiger partial charge in [0.2, 0.25) is 0 Å². The molecule has 0 amide bonds. The van der Waals surface area contributed by atoms with E-state index in [2.05, 4.69) is 81.6 Å². The average molecular weight is 428 g/mol. The van der Waals surface area contributed by atoms with Crippen molar-refractivity contribution in [3.05, 3.63) is 47.5 Å². The Kier molecular flexibility index (Phi) is 5.79. The van der Waals surface area contributed by atoms with E-state index in [0.29, 0.717) is 0 Å². The van der Waals surface area contributed by atoms with Crippen LogP contribution in [0.15, 0.2) is 36.4 Å². The minimum absolute atomic E-state index is 0.158. The van der Waals surface area contributed by atoms with Gasteiger partial charge in [-0.05, 0) is 28.7 Å². The molecule has 124 valence electrons. The molecule has 1 aliphatic carbocycles. The van der Waals surface area contributed by atoms with Crippen LogP contribution in [0, 0.1) is 0 Å². The molecule has 2 aromatic rings. The fourth-order valence-electron chi connectivity index (χ4n) is 4.00. The summed E-state index contributed by atoms with van der Waals surface area (Å²) in [4.78, 5) is 0. The first kappa shape index (κ1) is 18.1. The lowest BCUT2D eigenvalue weighted by molar-refractivity contribution is 0.563. The summed E-state index contributed by atoms with van der Waals surface area (Å²) in [5, 5.41) is 0. The highest BCUT2D eigenvalue weighted by molar-refractivity contribution is 14.1. The van der Waals surface area contributed by atoms with Gasteiger partial charge in [0.05, 0.1) is 3.42 Å². The number of halogens is 1. The highest BCUT2D eigenvalue weighted by Gasteiger charge is 2.40. The third kappa shape index (κ3) is 3.47. The molecule has 0 bridgehead atoms. The minimum atomic E-state index is 0.158. The molecule has 0 saturated carbocycles. The standard InChI is InChI=1S/C21H27B2I/c1-2-3-4-5-6-7-12-21(24)19-13-15(22)8-10-17(19)18-11-9-16(23)14-20(18)21/h8-11,13-14H,2-7,12,22-23H2,1H3. The number of rotatable bonds is 7. The van der Waals surface area contributed by atoms with Crippen molar-refractivity contribution >= 4 is 49.2 Å². The summed E-state index contributed by atoms with van der Waals surface area (Å²) in [5.41, 5.74) is 8.74. The predicted octanol–water partition coefficient (Wildman–Crippen LogP) is 3.61. The Hall–Kier alpha value is -0.700. The Labute approximate surface area is 162 Å². The Morgan fingerprint density at radius 2 is 1.29 bits per heavy atom. The first-order valence-electron chi connectivity index (χ1n) is 9.48. The molecule has 0 nitrogen and oxygen atoms in total. The molecular weight excluding hydrogens is 401 g/mol. The maximum absolute atomic E-state index is 2.75. The van der Waals surface area contributed by atoms with Gasteiger partial charge in [-0.1, -0.05) is 115 Å². The second kappa shape index (κ2) is 7.68. The summed E-state index contributed by atoms with van der Waals surface area (Å²) in [6, 6.07) is 14.0. The van der Waals surface area contributed by atoms with Gasteiger partial charge in [-0.25, -0.2) is 0 Å². The summed E-state index contributed by atoms with van der Waals surface area (Å²) in [7, 11) is 4.44. The van der Waals surface area contributed by atoms with Crippen molar-refractivity contribution in [3.8, 4) is 11.1 Å². The number of unbranched alkanes of at least 4 members (excludes halogenated alkanes) is 5. The van der Waals surface area contributed by atoms with Gasteiger partial charge in [0.1, 0.15) is 15.7 Å². The van der Waals surface area contributed by atoms with E-state index in [1.54, 1.807) is 0 Å². The maximum atomic E-state index is 2.75. The quantitative estimate of drug-likeness (QED) is 0.274. The molecule has 0 saturated heterocycles. The zero-order valence-electron chi connectivity index (χ0n) is 15.3. The molecule has 0 unspecified atom stereocenters. The highest BCUT2D eigenvalue weighted by atomic mass is 127. The van der Waals surface area contributed by atoms with E-state index in [1.807, 2.05) is 0 Å². The van der Waals surface area contributed by atoms with Crippen LogP contribution in [0.3, 0.4) is 0 Å². The lowest BCUT2D eigenvalue weighted by Crippen LogP contribution is -2.20. The van der Waals surface area contributed by atoms with Crippen LogP contribution in [-0.4, -0.2) is 15.7 Å². The van der Waals surface area contributed by atoms with Gasteiger partial charge in [0.25, 0.3) is 0 Å². The van der Waals surface area contributed by atoms with Crippen LogP contribution in [0.25, 0.3) is 11.1 Å². The molecule has 3 rings (SSSR count). The fourth-order valence-corrected chi connectivity index (χ4v) is 5.28. The zero-order chi connectivity index (χ0) is 17.2. The summed E-state index contributed by atoms with van der Waals surface area (Å²) in [5.74, 6) is 0. The van der Waals surface area contributed by atoms with E-state index >= 15 is 0 Å². The second-order valence-corrected chi connectivity index (χ2v) is 9.26. The Morgan fingerprint density at radius 3 is 1.83 bits per heavy atom. The third-order valence-electron chi connectivity index (χ3n) is 5.37. The summed E-state index contributed by atoms with van der Waals surface area (Å²) >= 11 is 2.75. The van der Waals surface area contributed by atoms with Gasteiger partial charge >= 0.3 is 0 Å². The van der Waals surface area contributed by atoms with E-state index in [0.717, 1.165) is 0 Å². The van der Waals surface area contributed by atoms with Gasteiger partial charge in [-0.2, -0.15) is 0 Å². The zero-order valence-corrected chi connectivity index (χ0v) is 17.4. The molecule has 0 radical (unpaired) electrons. The van der Waals surface area contributed by atoms with Crippen LogP contribution >= 0.6 is 22.6 Å². The van der Waals surface area contributed by atoms with E-state index < -0.39 is 0 Å². The summed E-state index contributed by atoms with van der Waals surface area (Å²) in [6.07, 6.45) is 9.46. The van der Waals surface area contributed by atoms with Gasteiger partial charge in [-0.3, -0.25) is 0 Å². The maximum Gasteiger partial charge on any atom is 0.139 e. The largest absolute Gasteiger partial charge is 0.139 e. The van der Waals surface area contributed by atoms with Crippen LogP contribution in [0.2, 0.25) is 0 Å². The van der Waals surface area contributed by atoms with Crippen LogP contribution < -0.4 is 10.9 Å². The topological polar surface area (TPSA) is 0 Å². The van der Waals surface area contributed by atoms with Crippen LogP contribution in [0.1, 0.15) is 63.0 Å². The predicted molar refractivity (Wildman–Crippen MR) is 121 cm³/mol. The molecule has 0 spiro atoms. The lowest BCUT2D eigenvalue weighted by atomic mass is 9.85. The van der Waals surface area contributed by atoms with E-state index in [1.165, 1.54) is 78.1 Å². The van der Waals surface area contributed by atoms with Gasteiger partial charge in [0.15, 0.2) is 0 Å². The van der Waals surface area contributed by atoms with E-state index in [-0.39, 0.29) is 3.42 Å². The van der Waals surface area contributed by atoms with Crippen molar-refractivity contribution in [2.75, 3.05) is 0 Å². The molecule has 0 atom stereocenters. The fraction of sp³-hybridized carbons (Fsp3) is 0.429. The summed E-state index contributed by atoms with van der Waals surface area (Å²) < 4.78 is 0.158. The van der Waals surface area contributed by atoms with Crippen LogP contribution in [0.4, 0.5) is 0 Å². The van der Waals surface area contributed by atoms with E-state index in [9.17, 15) is 0 Å². The Bertz CT molecular complexity index is 672. The average Bonchev–Trinajstić information content (AvgIpc) is 2.80. The van der Waals surface area contributed by atoms with Crippen molar-refractivity contribution in [2.45, 2.75) is 55.3 Å². The van der Waals surface area contributed by atoms with Crippen molar-refractivity contribution in [2.24, 2.45) is 0 Å². The molecule has 1 aliphatic rings. The normalized spacial score (nSPS) is 14.4. The Balaban J connectivity index is 1.86. The lowest BCUT2D eigenvalue weighted by Gasteiger charge is -2.26. The van der Waals surface area contributed by atoms with Crippen molar-refractivity contribution in [3.63, 3.8) is 0 Å². The molecule has 3 heteroatoms. The molecule has 2 aromatic carbocycles. The van der Waals surface area contributed by atoms with Crippen molar-refractivity contribution in [1.29, 1.82) is 0 Å². The first-order valence-corrected chi connectivity index (χ1v) is 10.6. The monoisotopic (exact) mass is 428 g/mol. The number of fused-ring (bicyclic) bond motifs is 3.